The molecule has 5 nitrogen and oxygen atoms in total. The number of carbonyl (C=O) groups excluding carboxylic acids is 1. The topological polar surface area (TPSA) is 66.3 Å². The molecule has 0 aliphatic rings. The molecule has 1 unspecified atom stereocenters. The van der Waals surface area contributed by atoms with Crippen LogP contribution in [0.1, 0.15) is 16.1 Å². The highest BCUT2D eigenvalue weighted by Crippen LogP contribution is 2.34. The minimum absolute atomic E-state index is 0.0257. The fourth-order valence-electron chi connectivity index (χ4n) is 1.90. The Morgan fingerprint density at radius 2 is 1.82 bits per heavy atom. The van der Waals surface area contributed by atoms with Crippen molar-refractivity contribution in [3.8, 4) is 0 Å². The average Bonchev–Trinajstić information content (AvgIpc) is 3.09. The van der Waals surface area contributed by atoms with E-state index in [1.54, 1.807) is 0 Å². The number of halogens is 7. The normalized spacial score (nSPS) is 13.0. The van der Waals surface area contributed by atoms with E-state index in [2.05, 4.69) is 16.0 Å². The molecule has 0 aliphatic carbocycles. The number of nitrogens with one attached hydrogen (secondary N) is 3. The molecule has 1 heterocycles. The Hall–Kier alpha value is -1.39. The first-order chi connectivity index (χ1) is 12.9. The Balaban J connectivity index is 2.13. The van der Waals surface area contributed by atoms with Crippen LogP contribution in [0.3, 0.4) is 0 Å². The summed E-state index contributed by atoms with van der Waals surface area (Å²) >= 11 is 28.4. The molecule has 1 aromatic heterocycles. The second-order valence-corrected chi connectivity index (χ2v) is 8.40. The van der Waals surface area contributed by atoms with Gasteiger partial charge in [-0.3, -0.25) is 4.79 Å². The fourth-order valence-corrected chi connectivity index (χ4v) is 2.62. The van der Waals surface area contributed by atoms with Gasteiger partial charge in [-0.1, -0.05) is 46.4 Å². The summed E-state index contributed by atoms with van der Waals surface area (Å²) in [6, 6.07) is 5.50. The van der Waals surface area contributed by atoms with E-state index in [0.29, 0.717) is 0 Å². The van der Waals surface area contributed by atoms with Gasteiger partial charge in [0.05, 0.1) is 22.5 Å². The molecule has 1 atom stereocenters. The van der Waals surface area contributed by atoms with E-state index < -0.39 is 27.6 Å². The number of hydrogen-bond donors (Lipinski definition) is 3. The van der Waals surface area contributed by atoms with E-state index in [0.717, 1.165) is 18.2 Å². The molecular formula is C15H10Cl4F3N3O2S. The van der Waals surface area contributed by atoms with Crippen LogP contribution < -0.4 is 16.0 Å². The highest BCUT2D eigenvalue weighted by atomic mass is 35.6. The van der Waals surface area contributed by atoms with Crippen LogP contribution in [-0.2, 0) is 6.18 Å². The second-order valence-electron chi connectivity index (χ2n) is 5.22. The third-order valence-electron chi connectivity index (χ3n) is 3.17. The van der Waals surface area contributed by atoms with Crippen LogP contribution in [0, 0.1) is 0 Å². The Morgan fingerprint density at radius 1 is 1.14 bits per heavy atom. The lowest BCUT2D eigenvalue weighted by Crippen LogP contribution is -2.56. The first-order valence-electron chi connectivity index (χ1n) is 7.23. The van der Waals surface area contributed by atoms with E-state index in [4.69, 9.17) is 63.0 Å². The highest BCUT2D eigenvalue weighted by Gasteiger charge is 2.35. The first-order valence-corrected chi connectivity index (χ1v) is 9.15. The fraction of sp³-hybridized carbons (Fsp3) is 0.200. The van der Waals surface area contributed by atoms with Gasteiger partial charge in [0.2, 0.25) is 3.79 Å². The molecule has 152 valence electrons. The number of carbonyl (C=O) groups is 1. The third-order valence-corrected chi connectivity index (χ3v) is 4.37. The minimum atomic E-state index is -4.58. The van der Waals surface area contributed by atoms with Gasteiger partial charge in [-0.25, -0.2) is 0 Å². The van der Waals surface area contributed by atoms with Crippen LogP contribution in [0.2, 0.25) is 5.02 Å². The smallest absolute Gasteiger partial charge is 0.416 e. The molecule has 0 saturated heterocycles. The lowest BCUT2D eigenvalue weighted by molar-refractivity contribution is -0.137. The van der Waals surface area contributed by atoms with Gasteiger partial charge in [0.1, 0.15) is 6.17 Å². The minimum Gasteiger partial charge on any atom is -0.459 e. The summed E-state index contributed by atoms with van der Waals surface area (Å²) in [4.78, 5) is 12.1. The van der Waals surface area contributed by atoms with Gasteiger partial charge in [-0.15, -0.1) is 0 Å². The zero-order valence-electron chi connectivity index (χ0n) is 13.4. The zero-order valence-corrected chi connectivity index (χ0v) is 17.3. The lowest BCUT2D eigenvalue weighted by atomic mass is 10.2. The molecule has 0 aliphatic heterocycles. The number of benzene rings is 1. The van der Waals surface area contributed by atoms with Gasteiger partial charge in [0.25, 0.3) is 5.91 Å². The SMILES string of the molecule is O=C(NC(NC(=S)Nc1cc(C(F)(F)F)ccc1Cl)C(Cl)(Cl)Cl)c1ccco1. The number of hydrogen-bond acceptors (Lipinski definition) is 3. The first kappa shape index (κ1) is 22.9. The molecule has 1 aromatic carbocycles. The number of amides is 1. The quantitative estimate of drug-likeness (QED) is 0.303. The summed E-state index contributed by atoms with van der Waals surface area (Å²) in [5.74, 6) is -0.769. The molecule has 0 spiro atoms. The average molecular weight is 495 g/mol. The molecule has 28 heavy (non-hydrogen) atoms. The van der Waals surface area contributed by atoms with Crippen LogP contribution in [0.4, 0.5) is 18.9 Å². The van der Waals surface area contributed by atoms with Gasteiger partial charge in [-0.05, 0) is 42.5 Å². The molecule has 3 N–H and O–H groups in total. The molecule has 2 rings (SSSR count). The second kappa shape index (κ2) is 8.96. The van der Waals surface area contributed by atoms with Gasteiger partial charge in [0.15, 0.2) is 10.9 Å². The predicted molar refractivity (Wildman–Crippen MR) is 106 cm³/mol. The van der Waals surface area contributed by atoms with E-state index in [1.807, 2.05) is 0 Å². The van der Waals surface area contributed by atoms with Crippen molar-refractivity contribution in [1.29, 1.82) is 0 Å². The Morgan fingerprint density at radius 3 is 2.36 bits per heavy atom. The number of alkyl halides is 6. The van der Waals surface area contributed by atoms with E-state index >= 15 is 0 Å². The molecule has 1 amide bonds. The molecule has 0 fully saturated rings. The zero-order chi connectivity index (χ0) is 21.1. The van der Waals surface area contributed by atoms with Crippen molar-refractivity contribution in [2.75, 3.05) is 5.32 Å². The molecular weight excluding hydrogens is 485 g/mol. The summed E-state index contributed by atoms with van der Waals surface area (Å²) in [5.41, 5.74) is -1.07. The van der Waals surface area contributed by atoms with Crippen LogP contribution in [0.5, 0.6) is 0 Å². The van der Waals surface area contributed by atoms with Gasteiger partial charge < -0.3 is 20.4 Å². The maximum Gasteiger partial charge on any atom is 0.416 e. The number of furan rings is 1. The molecule has 0 saturated carbocycles. The van der Waals surface area contributed by atoms with Crippen molar-refractivity contribution >= 4 is 75.3 Å². The van der Waals surface area contributed by atoms with Crippen molar-refractivity contribution in [3.05, 3.63) is 52.9 Å². The highest BCUT2D eigenvalue weighted by molar-refractivity contribution is 7.80. The Bertz CT molecular complexity index is 857. The maximum absolute atomic E-state index is 12.9. The van der Waals surface area contributed by atoms with Gasteiger partial charge in [-0.2, -0.15) is 13.2 Å². The summed E-state index contributed by atoms with van der Waals surface area (Å²) in [6.45, 7) is 0. The molecule has 13 heteroatoms. The third kappa shape index (κ3) is 6.31. The van der Waals surface area contributed by atoms with Gasteiger partial charge >= 0.3 is 6.18 Å². The van der Waals surface area contributed by atoms with Crippen LogP contribution in [0.15, 0.2) is 41.0 Å². The van der Waals surface area contributed by atoms with E-state index in [-0.39, 0.29) is 21.6 Å². The monoisotopic (exact) mass is 493 g/mol. The summed E-state index contributed by atoms with van der Waals surface area (Å²) in [5, 5.41) is 7.03. The standard InChI is InChI=1S/C15H10Cl4F3N3O2S/c16-8-4-3-7(15(20,21)22)6-9(8)23-13(28)25-12(14(17,18)19)24-11(26)10-2-1-5-27-10/h1-6,12H,(H,24,26)(H2,23,25,28). The van der Waals surface area contributed by atoms with Crippen LogP contribution in [-0.4, -0.2) is 21.0 Å². The van der Waals surface area contributed by atoms with Gasteiger partial charge in [0, 0.05) is 0 Å². The van der Waals surface area contributed by atoms with Crippen molar-refractivity contribution in [3.63, 3.8) is 0 Å². The Kier molecular flexibility index (Phi) is 7.33. The number of rotatable bonds is 4. The van der Waals surface area contributed by atoms with E-state index in [9.17, 15) is 18.0 Å². The van der Waals surface area contributed by atoms with Crippen LogP contribution >= 0.6 is 58.6 Å². The lowest BCUT2D eigenvalue weighted by Gasteiger charge is -2.27. The summed E-state index contributed by atoms with van der Waals surface area (Å²) < 4.78 is 41.4. The Labute approximate surface area is 182 Å². The molecule has 0 bridgehead atoms. The van der Waals surface area contributed by atoms with E-state index in [1.165, 1.54) is 18.4 Å². The van der Waals surface area contributed by atoms with Crippen LogP contribution in [0.25, 0.3) is 0 Å². The maximum atomic E-state index is 12.9. The van der Waals surface area contributed by atoms with Crippen molar-refractivity contribution in [2.45, 2.75) is 16.1 Å². The van der Waals surface area contributed by atoms with Crippen molar-refractivity contribution < 1.29 is 22.4 Å². The number of anilines is 1. The summed E-state index contributed by atoms with van der Waals surface area (Å²) in [6.07, 6.45) is -4.65. The molecule has 0 radical (unpaired) electrons. The largest absolute Gasteiger partial charge is 0.459 e. The predicted octanol–water partition coefficient (Wildman–Crippen LogP) is 5.36. The summed E-state index contributed by atoms with van der Waals surface area (Å²) in [7, 11) is 0. The molecule has 2 aromatic rings. The number of thiocarbonyl (C=S) groups is 1. The van der Waals surface area contributed by atoms with Crippen molar-refractivity contribution in [1.82, 2.24) is 10.6 Å². The van der Waals surface area contributed by atoms with Crippen molar-refractivity contribution in [2.24, 2.45) is 0 Å².